The van der Waals surface area contributed by atoms with Gasteiger partial charge in [0.2, 0.25) is 0 Å². The Morgan fingerprint density at radius 1 is 1.15 bits per heavy atom. The zero-order valence-corrected chi connectivity index (χ0v) is 15.7. The Hall–Kier alpha value is -2.32. The van der Waals surface area contributed by atoms with E-state index >= 15 is 0 Å². The molecule has 3 rings (SSSR count). The summed E-state index contributed by atoms with van der Waals surface area (Å²) in [4.78, 5) is 8.49. The van der Waals surface area contributed by atoms with Crippen molar-refractivity contribution in [1.82, 2.24) is 9.97 Å². The first-order chi connectivity index (χ1) is 12.7. The summed E-state index contributed by atoms with van der Waals surface area (Å²) in [6, 6.07) is 11.4. The summed E-state index contributed by atoms with van der Waals surface area (Å²) < 4.78 is 5.20. The van der Waals surface area contributed by atoms with Crippen LogP contribution in [0.25, 0.3) is 10.9 Å². The molecule has 2 aromatic carbocycles. The average molecular weight is 386 g/mol. The normalized spacial score (nSPS) is 10.4. The second kappa shape index (κ2) is 8.86. The maximum absolute atomic E-state index is 6.19. The Bertz CT molecular complexity index is 980. The molecule has 26 heavy (non-hydrogen) atoms. The molecule has 0 spiro atoms. The Labute approximate surface area is 162 Å². The van der Waals surface area contributed by atoms with Gasteiger partial charge in [-0.3, -0.25) is 0 Å². The Balaban J connectivity index is 1.68. The van der Waals surface area contributed by atoms with Gasteiger partial charge in [0.25, 0.3) is 0 Å². The monoisotopic (exact) mass is 385 g/mol. The average Bonchev–Trinajstić information content (AvgIpc) is 2.63. The van der Waals surface area contributed by atoms with Gasteiger partial charge in [-0.15, -0.1) is 0 Å². The predicted molar refractivity (Wildman–Crippen MR) is 107 cm³/mol. The van der Waals surface area contributed by atoms with Crippen LogP contribution in [0.1, 0.15) is 17.5 Å². The molecule has 0 radical (unpaired) electrons. The number of fused-ring (bicyclic) bond motifs is 1. The van der Waals surface area contributed by atoms with Gasteiger partial charge in [-0.2, -0.15) is 0 Å². The molecule has 1 aromatic heterocycles. The number of nitrogens with zero attached hydrogens (tertiary/aromatic N) is 2. The minimum absolute atomic E-state index is 0.507. The van der Waals surface area contributed by atoms with Gasteiger partial charge in [0.15, 0.2) is 0 Å². The number of hydrogen-bond donors (Lipinski definition) is 1. The van der Waals surface area contributed by atoms with Crippen molar-refractivity contribution in [3.63, 3.8) is 0 Å². The molecule has 0 aliphatic heterocycles. The van der Waals surface area contributed by atoms with E-state index in [1.54, 1.807) is 19.2 Å². The second-order valence-electron chi connectivity index (χ2n) is 5.57. The number of nitrogens with one attached hydrogen (secondary N) is 1. The number of methoxy groups -OCH3 is 1. The molecule has 0 aliphatic carbocycles. The molecule has 0 amide bonds. The van der Waals surface area contributed by atoms with Crippen molar-refractivity contribution in [2.24, 2.45) is 0 Å². The molecular formula is C20H17Cl2N3O. The molecule has 0 fully saturated rings. The quantitative estimate of drug-likeness (QED) is 0.499. The third-order valence-electron chi connectivity index (χ3n) is 3.74. The first-order valence-electron chi connectivity index (χ1n) is 8.08. The standard InChI is InChI=1S/C20H17Cl2N3O/c1-26-12-15-8-3-2-6-14(15)7-4-5-9-23-20-17-10-16(21)11-18(22)19(17)24-13-25-20/h2-3,6,8,10-11,13H,5,9,12H2,1H3,(H,23,24,25). The summed E-state index contributed by atoms with van der Waals surface area (Å²) in [5, 5.41) is 5.13. The Morgan fingerprint density at radius 3 is 2.85 bits per heavy atom. The molecule has 3 aromatic rings. The minimum Gasteiger partial charge on any atom is -0.380 e. The largest absolute Gasteiger partial charge is 0.380 e. The van der Waals surface area contributed by atoms with Gasteiger partial charge in [-0.1, -0.05) is 53.2 Å². The van der Waals surface area contributed by atoms with Crippen LogP contribution in [0.2, 0.25) is 10.0 Å². The lowest BCUT2D eigenvalue weighted by atomic mass is 10.1. The van der Waals surface area contributed by atoms with E-state index in [4.69, 9.17) is 27.9 Å². The lowest BCUT2D eigenvalue weighted by Gasteiger charge is -2.08. The molecular weight excluding hydrogens is 369 g/mol. The minimum atomic E-state index is 0.507. The summed E-state index contributed by atoms with van der Waals surface area (Å²) in [5.41, 5.74) is 2.75. The van der Waals surface area contributed by atoms with E-state index in [1.807, 2.05) is 24.3 Å². The second-order valence-corrected chi connectivity index (χ2v) is 6.42. The Kier molecular flexibility index (Phi) is 6.30. The summed E-state index contributed by atoms with van der Waals surface area (Å²) >= 11 is 12.3. The summed E-state index contributed by atoms with van der Waals surface area (Å²) in [6.45, 7) is 1.20. The zero-order valence-electron chi connectivity index (χ0n) is 14.2. The zero-order chi connectivity index (χ0) is 18.4. The highest BCUT2D eigenvalue weighted by atomic mass is 35.5. The van der Waals surface area contributed by atoms with Crippen molar-refractivity contribution in [1.29, 1.82) is 0 Å². The maximum atomic E-state index is 6.19. The van der Waals surface area contributed by atoms with Crippen molar-refractivity contribution in [3.05, 3.63) is 63.9 Å². The lowest BCUT2D eigenvalue weighted by Crippen LogP contribution is -2.03. The number of benzene rings is 2. The van der Waals surface area contributed by atoms with Gasteiger partial charge >= 0.3 is 0 Å². The van der Waals surface area contributed by atoms with Crippen LogP contribution in [0.3, 0.4) is 0 Å². The van der Waals surface area contributed by atoms with Crippen LogP contribution in [-0.2, 0) is 11.3 Å². The number of rotatable bonds is 5. The van der Waals surface area contributed by atoms with Crippen molar-refractivity contribution in [2.75, 3.05) is 19.0 Å². The number of ether oxygens (including phenoxy) is 1. The van der Waals surface area contributed by atoms with Gasteiger partial charge in [-0.25, -0.2) is 9.97 Å². The smallest absolute Gasteiger partial charge is 0.137 e. The van der Waals surface area contributed by atoms with Crippen LogP contribution >= 0.6 is 23.2 Å². The highest BCUT2D eigenvalue weighted by Crippen LogP contribution is 2.29. The van der Waals surface area contributed by atoms with Gasteiger partial charge in [-0.05, 0) is 23.8 Å². The van der Waals surface area contributed by atoms with Crippen LogP contribution in [0, 0.1) is 11.8 Å². The summed E-state index contributed by atoms with van der Waals surface area (Å²) in [6.07, 6.45) is 2.15. The van der Waals surface area contributed by atoms with Gasteiger partial charge in [0.05, 0.1) is 17.1 Å². The van der Waals surface area contributed by atoms with E-state index in [-0.39, 0.29) is 0 Å². The van der Waals surface area contributed by atoms with E-state index in [9.17, 15) is 0 Å². The van der Waals surface area contributed by atoms with Crippen LogP contribution in [0.15, 0.2) is 42.7 Å². The molecule has 0 bridgehead atoms. The fourth-order valence-electron chi connectivity index (χ4n) is 2.56. The number of anilines is 1. The van der Waals surface area contributed by atoms with Crippen molar-refractivity contribution in [2.45, 2.75) is 13.0 Å². The highest BCUT2D eigenvalue weighted by molar-refractivity contribution is 6.38. The molecule has 6 heteroatoms. The summed E-state index contributed by atoms with van der Waals surface area (Å²) in [7, 11) is 1.68. The number of halogens is 2. The molecule has 132 valence electrons. The van der Waals surface area contributed by atoms with Gasteiger partial charge in [0.1, 0.15) is 12.1 Å². The Morgan fingerprint density at radius 2 is 2.00 bits per heavy atom. The number of aromatic nitrogens is 2. The van der Waals surface area contributed by atoms with Gasteiger partial charge < -0.3 is 10.1 Å². The first kappa shape index (κ1) is 18.5. The van der Waals surface area contributed by atoms with E-state index in [0.29, 0.717) is 41.0 Å². The first-order valence-corrected chi connectivity index (χ1v) is 8.84. The van der Waals surface area contributed by atoms with Crippen LogP contribution < -0.4 is 5.32 Å². The third-order valence-corrected chi connectivity index (χ3v) is 4.25. The molecule has 1 heterocycles. The molecule has 4 nitrogen and oxygen atoms in total. The van der Waals surface area contributed by atoms with Crippen LogP contribution in [0.5, 0.6) is 0 Å². The maximum Gasteiger partial charge on any atom is 0.137 e. The molecule has 0 aliphatic rings. The topological polar surface area (TPSA) is 47.0 Å². The molecule has 0 unspecified atom stereocenters. The van der Waals surface area contributed by atoms with E-state index in [2.05, 4.69) is 27.1 Å². The fraction of sp³-hybridized carbons (Fsp3) is 0.200. The fourth-order valence-corrected chi connectivity index (χ4v) is 3.10. The van der Waals surface area contributed by atoms with Crippen LogP contribution in [-0.4, -0.2) is 23.6 Å². The number of hydrogen-bond acceptors (Lipinski definition) is 4. The van der Waals surface area contributed by atoms with E-state index in [0.717, 1.165) is 16.5 Å². The molecule has 0 saturated carbocycles. The van der Waals surface area contributed by atoms with E-state index in [1.165, 1.54) is 6.33 Å². The molecule has 1 N–H and O–H groups in total. The lowest BCUT2D eigenvalue weighted by molar-refractivity contribution is 0.184. The molecule has 0 atom stereocenters. The van der Waals surface area contributed by atoms with Crippen LogP contribution in [0.4, 0.5) is 5.82 Å². The highest BCUT2D eigenvalue weighted by Gasteiger charge is 2.08. The summed E-state index contributed by atoms with van der Waals surface area (Å²) in [5.74, 6) is 7.07. The molecule has 0 saturated heterocycles. The third kappa shape index (κ3) is 4.44. The van der Waals surface area contributed by atoms with Gasteiger partial charge in [0, 0.05) is 36.0 Å². The van der Waals surface area contributed by atoms with Crippen molar-refractivity contribution in [3.8, 4) is 11.8 Å². The van der Waals surface area contributed by atoms with Crippen molar-refractivity contribution < 1.29 is 4.74 Å². The van der Waals surface area contributed by atoms with E-state index < -0.39 is 0 Å². The van der Waals surface area contributed by atoms with Crippen molar-refractivity contribution >= 4 is 39.9 Å². The SMILES string of the molecule is COCc1ccccc1C#CCCNc1ncnc2c(Cl)cc(Cl)cc12. The predicted octanol–water partition coefficient (Wildman–Crippen LogP) is 4.94.